The van der Waals surface area contributed by atoms with E-state index in [1.165, 1.54) is 11.3 Å². The average molecular weight is 514 g/mol. The van der Waals surface area contributed by atoms with Crippen molar-refractivity contribution < 1.29 is 19.1 Å². The number of terminal acetylenes is 1. The SMILES string of the molecule is C#Cc1ccc(C(=O)N[C@H]2CN(c3ccc(N4CCOCC4=O)c(C)c3)C(=O)[C@@H]2Cc2ccccc2)s1. The highest BCUT2D eigenvalue weighted by molar-refractivity contribution is 7.14. The van der Waals surface area contributed by atoms with Crippen molar-refractivity contribution in [3.05, 3.63) is 81.5 Å². The van der Waals surface area contributed by atoms with Crippen molar-refractivity contribution in [2.45, 2.75) is 19.4 Å². The van der Waals surface area contributed by atoms with Crippen molar-refractivity contribution in [3.63, 3.8) is 0 Å². The molecule has 2 aliphatic rings. The highest BCUT2D eigenvalue weighted by Gasteiger charge is 2.42. The van der Waals surface area contributed by atoms with Gasteiger partial charge in [-0.25, -0.2) is 0 Å². The predicted molar refractivity (Wildman–Crippen MR) is 144 cm³/mol. The van der Waals surface area contributed by atoms with Crippen molar-refractivity contribution in [2.24, 2.45) is 5.92 Å². The van der Waals surface area contributed by atoms with E-state index in [4.69, 9.17) is 11.2 Å². The Balaban J connectivity index is 1.40. The minimum atomic E-state index is -0.417. The molecule has 7 nitrogen and oxygen atoms in total. The maximum atomic E-state index is 13.7. The number of amides is 3. The Kier molecular flexibility index (Phi) is 7.08. The van der Waals surface area contributed by atoms with Crippen molar-refractivity contribution >= 4 is 40.4 Å². The molecule has 1 aromatic heterocycles. The predicted octanol–water partition coefficient (Wildman–Crippen LogP) is 3.41. The summed E-state index contributed by atoms with van der Waals surface area (Å²) in [5, 5.41) is 3.09. The van der Waals surface area contributed by atoms with Crippen LogP contribution in [-0.2, 0) is 20.7 Å². The minimum absolute atomic E-state index is 0.0424. The second kappa shape index (κ2) is 10.6. The highest BCUT2D eigenvalue weighted by Crippen LogP contribution is 2.32. The molecule has 0 saturated carbocycles. The van der Waals surface area contributed by atoms with E-state index < -0.39 is 5.92 Å². The Morgan fingerprint density at radius 2 is 1.95 bits per heavy atom. The molecule has 8 heteroatoms. The number of aryl methyl sites for hydroxylation is 1. The van der Waals surface area contributed by atoms with Gasteiger partial charge >= 0.3 is 0 Å². The maximum Gasteiger partial charge on any atom is 0.261 e. The number of rotatable bonds is 6. The number of hydrogen-bond acceptors (Lipinski definition) is 5. The normalized spacial score (nSPS) is 19.7. The Labute approximate surface area is 220 Å². The van der Waals surface area contributed by atoms with E-state index in [9.17, 15) is 14.4 Å². The van der Waals surface area contributed by atoms with Crippen LogP contribution in [0.1, 0.15) is 25.7 Å². The summed E-state index contributed by atoms with van der Waals surface area (Å²) in [5.74, 6) is 1.78. The zero-order valence-corrected chi connectivity index (χ0v) is 21.3. The zero-order valence-electron chi connectivity index (χ0n) is 20.5. The van der Waals surface area contributed by atoms with Gasteiger partial charge in [-0.1, -0.05) is 36.3 Å². The van der Waals surface area contributed by atoms with Crippen molar-refractivity contribution in [2.75, 3.05) is 36.1 Å². The average Bonchev–Trinajstić information content (AvgIpc) is 3.51. The fraction of sp³-hybridized carbons (Fsp3) is 0.276. The molecule has 2 aromatic carbocycles. The van der Waals surface area contributed by atoms with Gasteiger partial charge in [0.1, 0.15) is 6.61 Å². The van der Waals surface area contributed by atoms with Gasteiger partial charge in [-0.05, 0) is 54.8 Å². The number of hydrogen-bond donors (Lipinski definition) is 1. The van der Waals surface area contributed by atoms with Crippen LogP contribution in [0.5, 0.6) is 0 Å². The summed E-state index contributed by atoms with van der Waals surface area (Å²) in [7, 11) is 0. The third-order valence-electron chi connectivity index (χ3n) is 6.80. The lowest BCUT2D eigenvalue weighted by atomic mass is 9.94. The number of nitrogens with one attached hydrogen (secondary N) is 1. The van der Waals surface area contributed by atoms with Gasteiger partial charge in [-0.15, -0.1) is 17.8 Å². The van der Waals surface area contributed by atoms with Crippen LogP contribution in [0.2, 0.25) is 0 Å². The van der Waals surface area contributed by atoms with E-state index in [0.717, 1.165) is 22.5 Å². The summed E-state index contributed by atoms with van der Waals surface area (Å²) in [6.45, 7) is 3.35. The van der Waals surface area contributed by atoms with E-state index in [0.29, 0.717) is 35.9 Å². The van der Waals surface area contributed by atoms with Crippen molar-refractivity contribution in [1.82, 2.24) is 5.32 Å². The summed E-state index contributed by atoms with van der Waals surface area (Å²) >= 11 is 1.26. The Hall–Kier alpha value is -3.93. The van der Waals surface area contributed by atoms with Gasteiger partial charge in [0.2, 0.25) is 5.91 Å². The summed E-state index contributed by atoms with van der Waals surface area (Å²) < 4.78 is 5.25. The van der Waals surface area contributed by atoms with E-state index in [-0.39, 0.29) is 30.4 Å². The number of morpholine rings is 1. The molecule has 0 unspecified atom stereocenters. The third-order valence-corrected chi connectivity index (χ3v) is 7.82. The monoisotopic (exact) mass is 513 g/mol. The van der Waals surface area contributed by atoms with Crippen LogP contribution in [0.15, 0.2) is 60.7 Å². The van der Waals surface area contributed by atoms with E-state index >= 15 is 0 Å². The molecule has 1 N–H and O–H groups in total. The van der Waals surface area contributed by atoms with Gasteiger partial charge in [0, 0.05) is 24.5 Å². The van der Waals surface area contributed by atoms with Gasteiger partial charge < -0.3 is 19.9 Å². The van der Waals surface area contributed by atoms with Crippen LogP contribution < -0.4 is 15.1 Å². The number of nitrogens with zero attached hydrogens (tertiary/aromatic N) is 2. The first-order chi connectivity index (χ1) is 17.9. The van der Waals surface area contributed by atoms with Crippen LogP contribution >= 0.6 is 11.3 Å². The van der Waals surface area contributed by atoms with Crippen LogP contribution in [-0.4, -0.2) is 50.1 Å². The van der Waals surface area contributed by atoms with Gasteiger partial charge in [0.15, 0.2) is 0 Å². The van der Waals surface area contributed by atoms with Crippen LogP contribution in [0.3, 0.4) is 0 Å². The van der Waals surface area contributed by atoms with Crippen LogP contribution in [0, 0.1) is 25.2 Å². The molecular weight excluding hydrogens is 486 g/mol. The number of thiophene rings is 1. The lowest BCUT2D eigenvalue weighted by Gasteiger charge is -2.29. The first-order valence-corrected chi connectivity index (χ1v) is 13.0. The minimum Gasteiger partial charge on any atom is -0.370 e. The maximum absolute atomic E-state index is 13.7. The number of benzene rings is 2. The number of ether oxygens (including phenoxy) is 1. The number of anilines is 2. The largest absolute Gasteiger partial charge is 0.370 e. The lowest BCUT2D eigenvalue weighted by molar-refractivity contribution is -0.125. The Bertz CT molecular complexity index is 1380. The van der Waals surface area contributed by atoms with Gasteiger partial charge in [-0.2, -0.15) is 0 Å². The molecule has 0 spiro atoms. The molecule has 37 heavy (non-hydrogen) atoms. The quantitative estimate of drug-likeness (QED) is 0.513. The first-order valence-electron chi connectivity index (χ1n) is 12.2. The topological polar surface area (TPSA) is 79.0 Å². The summed E-state index contributed by atoms with van der Waals surface area (Å²) in [5.41, 5.74) is 3.49. The Morgan fingerprint density at radius 1 is 1.14 bits per heavy atom. The number of carbonyl (C=O) groups is 3. The van der Waals surface area contributed by atoms with Crippen LogP contribution in [0.4, 0.5) is 11.4 Å². The van der Waals surface area contributed by atoms with E-state index in [1.54, 1.807) is 21.9 Å². The molecule has 2 saturated heterocycles. The Morgan fingerprint density at radius 3 is 2.65 bits per heavy atom. The molecule has 3 heterocycles. The standard InChI is InChI=1S/C29H27N3O4S/c1-3-22-10-12-26(37-22)28(34)30-24-17-32(29(35)23(24)16-20-7-5-4-6-8-20)21-9-11-25(19(2)15-21)31-13-14-36-18-27(31)33/h1,4-12,15,23-24H,13-14,16-18H2,2H3,(H,30,34)/t23-,24+/m1/s1. The molecule has 2 atom stereocenters. The third kappa shape index (κ3) is 5.15. The summed E-state index contributed by atoms with van der Waals surface area (Å²) in [4.78, 5) is 43.7. The molecule has 188 valence electrons. The van der Waals surface area contributed by atoms with Crippen LogP contribution in [0.25, 0.3) is 0 Å². The summed E-state index contributed by atoms with van der Waals surface area (Å²) in [6, 6.07) is 18.6. The van der Waals surface area contributed by atoms with Crippen molar-refractivity contribution in [1.29, 1.82) is 0 Å². The van der Waals surface area contributed by atoms with E-state index in [1.807, 2.05) is 55.5 Å². The molecule has 3 amide bonds. The van der Waals surface area contributed by atoms with Gasteiger partial charge in [0.25, 0.3) is 11.8 Å². The second-order valence-corrected chi connectivity index (χ2v) is 10.3. The molecule has 0 aliphatic carbocycles. The van der Waals surface area contributed by atoms with Gasteiger partial charge in [-0.3, -0.25) is 14.4 Å². The second-order valence-electron chi connectivity index (χ2n) is 9.20. The zero-order chi connectivity index (χ0) is 25.9. The number of carbonyl (C=O) groups excluding carboxylic acids is 3. The molecule has 2 fully saturated rings. The fourth-order valence-electron chi connectivity index (χ4n) is 4.92. The smallest absolute Gasteiger partial charge is 0.261 e. The lowest BCUT2D eigenvalue weighted by Crippen LogP contribution is -2.42. The fourth-order valence-corrected chi connectivity index (χ4v) is 5.64. The molecule has 3 aromatic rings. The summed E-state index contributed by atoms with van der Waals surface area (Å²) in [6.07, 6.45) is 5.98. The molecule has 0 radical (unpaired) electrons. The molecule has 2 aliphatic heterocycles. The van der Waals surface area contributed by atoms with Gasteiger partial charge in [0.05, 0.1) is 28.3 Å². The molecule has 5 rings (SSSR count). The molecular formula is C29H27N3O4S. The highest BCUT2D eigenvalue weighted by atomic mass is 32.1. The first kappa shape index (κ1) is 24.8. The van der Waals surface area contributed by atoms with E-state index in [2.05, 4.69) is 11.2 Å². The van der Waals surface area contributed by atoms with Crippen molar-refractivity contribution in [3.8, 4) is 12.3 Å². The molecule has 0 bridgehead atoms.